The van der Waals surface area contributed by atoms with Crippen LogP contribution in [0.4, 0.5) is 5.95 Å². The molecule has 1 amide bonds. The number of para-hydroxylation sites is 2. The minimum Gasteiger partial charge on any atom is -0.503 e. The van der Waals surface area contributed by atoms with E-state index in [1.165, 1.54) is 16.2 Å². The van der Waals surface area contributed by atoms with Gasteiger partial charge in [0.25, 0.3) is 5.91 Å². The Kier molecular flexibility index (Phi) is 4.88. The molecular formula is C24H19N3O3S. The molecule has 1 atom stereocenters. The predicted octanol–water partition coefficient (Wildman–Crippen LogP) is 4.73. The maximum absolute atomic E-state index is 13.2. The van der Waals surface area contributed by atoms with E-state index in [1.807, 2.05) is 72.1 Å². The molecule has 0 saturated heterocycles. The molecule has 0 saturated carbocycles. The first-order valence-electron chi connectivity index (χ1n) is 9.95. The highest BCUT2D eigenvalue weighted by atomic mass is 32.1. The maximum atomic E-state index is 13.2. The zero-order valence-electron chi connectivity index (χ0n) is 16.5. The number of ketones is 1. The second kappa shape index (κ2) is 7.85. The van der Waals surface area contributed by atoms with Gasteiger partial charge < -0.3 is 10.1 Å². The lowest BCUT2D eigenvalue weighted by Gasteiger charge is -2.23. The van der Waals surface area contributed by atoms with E-state index < -0.39 is 17.7 Å². The summed E-state index contributed by atoms with van der Waals surface area (Å²) in [6.45, 7) is 0. The van der Waals surface area contributed by atoms with Gasteiger partial charge in [0.1, 0.15) is 6.04 Å². The van der Waals surface area contributed by atoms with Crippen LogP contribution in [0.1, 0.15) is 22.9 Å². The van der Waals surface area contributed by atoms with Crippen molar-refractivity contribution in [1.29, 1.82) is 0 Å². The van der Waals surface area contributed by atoms with Crippen molar-refractivity contribution in [2.24, 2.45) is 0 Å². The quantitative estimate of drug-likeness (QED) is 0.464. The fourth-order valence-electron chi connectivity index (χ4n) is 3.92. The summed E-state index contributed by atoms with van der Waals surface area (Å²) in [5.74, 6) is -1.06. The first kappa shape index (κ1) is 19.3. The number of hydrogen-bond acceptors (Lipinski definition) is 5. The molecule has 0 aliphatic carbocycles. The Labute approximate surface area is 182 Å². The van der Waals surface area contributed by atoms with Crippen molar-refractivity contribution in [3.63, 3.8) is 0 Å². The summed E-state index contributed by atoms with van der Waals surface area (Å²) in [6.07, 6.45) is 0.735. The van der Waals surface area contributed by atoms with Crippen LogP contribution >= 0.6 is 11.3 Å². The molecule has 6 nitrogen and oxygen atoms in total. The number of fused-ring (bicyclic) bond motifs is 1. The smallest absolute Gasteiger partial charge is 0.296 e. The van der Waals surface area contributed by atoms with Crippen molar-refractivity contribution in [1.82, 2.24) is 9.97 Å². The number of Topliss-reactive ketones (excluding diaryl/α,β-unsaturated/α-hetero) is 1. The Hall–Kier alpha value is -3.71. The lowest BCUT2D eigenvalue weighted by molar-refractivity contribution is -0.118. The van der Waals surface area contributed by atoms with Crippen LogP contribution in [0.25, 0.3) is 11.0 Å². The molecular weight excluding hydrogens is 410 g/mol. The van der Waals surface area contributed by atoms with Gasteiger partial charge in [-0.1, -0.05) is 48.5 Å². The van der Waals surface area contributed by atoms with Crippen LogP contribution in [-0.4, -0.2) is 26.8 Å². The third-order valence-corrected chi connectivity index (χ3v) is 6.33. The molecule has 154 valence electrons. The molecule has 1 aliphatic heterocycles. The molecule has 31 heavy (non-hydrogen) atoms. The van der Waals surface area contributed by atoms with Gasteiger partial charge in [0, 0.05) is 11.3 Å². The zero-order valence-corrected chi connectivity index (χ0v) is 17.3. The molecule has 1 unspecified atom stereocenters. The highest BCUT2D eigenvalue weighted by molar-refractivity contribution is 7.10. The highest BCUT2D eigenvalue weighted by Gasteiger charge is 2.45. The second-order valence-electron chi connectivity index (χ2n) is 7.34. The number of aromatic nitrogens is 2. The molecule has 1 aliphatic rings. The topological polar surface area (TPSA) is 86.3 Å². The number of carbonyl (C=O) groups is 2. The van der Waals surface area contributed by atoms with Gasteiger partial charge in [-0.15, -0.1) is 11.3 Å². The van der Waals surface area contributed by atoms with E-state index in [-0.39, 0.29) is 17.8 Å². The fraction of sp³-hybridized carbons (Fsp3) is 0.125. The minimum absolute atomic E-state index is 0.129. The van der Waals surface area contributed by atoms with Crippen molar-refractivity contribution in [2.75, 3.05) is 4.90 Å². The van der Waals surface area contributed by atoms with Gasteiger partial charge in [-0.05, 0) is 35.6 Å². The van der Waals surface area contributed by atoms with E-state index in [2.05, 4.69) is 9.97 Å². The average Bonchev–Trinajstić information content (AvgIpc) is 3.51. The van der Waals surface area contributed by atoms with Crippen LogP contribution in [0.5, 0.6) is 0 Å². The average molecular weight is 430 g/mol. The van der Waals surface area contributed by atoms with Crippen molar-refractivity contribution in [3.8, 4) is 0 Å². The monoisotopic (exact) mass is 429 g/mol. The number of carbonyl (C=O) groups excluding carboxylic acids is 2. The second-order valence-corrected chi connectivity index (χ2v) is 8.32. The first-order valence-corrected chi connectivity index (χ1v) is 10.8. The number of aryl methyl sites for hydroxylation is 1. The lowest BCUT2D eigenvalue weighted by atomic mass is 9.97. The Morgan fingerprint density at radius 3 is 2.58 bits per heavy atom. The number of rotatable bonds is 6. The SMILES string of the molecule is O=C(CCc1ccccc1)C1=C(O)C(=O)N(c2nc3ccccc3[nH]2)C1c1cccs1. The Bertz CT molecular complexity index is 1260. The third-order valence-electron chi connectivity index (χ3n) is 5.41. The van der Waals surface area contributed by atoms with Gasteiger partial charge in [-0.25, -0.2) is 4.98 Å². The van der Waals surface area contributed by atoms with Crippen molar-refractivity contribution in [2.45, 2.75) is 18.9 Å². The summed E-state index contributed by atoms with van der Waals surface area (Å²) in [4.78, 5) is 36.2. The van der Waals surface area contributed by atoms with Gasteiger partial charge in [-0.3, -0.25) is 14.5 Å². The Balaban J connectivity index is 1.52. The van der Waals surface area contributed by atoms with E-state index in [0.29, 0.717) is 17.9 Å². The largest absolute Gasteiger partial charge is 0.503 e. The number of hydrogen-bond donors (Lipinski definition) is 2. The molecule has 0 radical (unpaired) electrons. The number of aromatic amines is 1. The molecule has 2 aromatic carbocycles. The number of imidazole rings is 1. The summed E-state index contributed by atoms with van der Waals surface area (Å²) >= 11 is 1.43. The van der Waals surface area contributed by atoms with E-state index in [1.54, 1.807) is 0 Å². The van der Waals surface area contributed by atoms with Crippen LogP contribution in [0.3, 0.4) is 0 Å². The summed E-state index contributed by atoms with van der Waals surface area (Å²) < 4.78 is 0. The van der Waals surface area contributed by atoms with Crippen molar-refractivity contribution in [3.05, 3.63) is 93.9 Å². The van der Waals surface area contributed by atoms with Crippen molar-refractivity contribution >= 4 is 40.0 Å². The zero-order chi connectivity index (χ0) is 21.4. The predicted molar refractivity (Wildman–Crippen MR) is 120 cm³/mol. The molecule has 0 bridgehead atoms. The molecule has 3 heterocycles. The van der Waals surface area contributed by atoms with Crippen molar-refractivity contribution < 1.29 is 14.7 Å². The Morgan fingerprint density at radius 2 is 1.84 bits per heavy atom. The lowest BCUT2D eigenvalue weighted by Crippen LogP contribution is -2.31. The summed E-state index contributed by atoms with van der Waals surface area (Å²) in [7, 11) is 0. The van der Waals surface area contributed by atoms with Crippen LogP contribution in [-0.2, 0) is 16.0 Å². The molecule has 4 aromatic rings. The normalized spacial score (nSPS) is 16.5. The Morgan fingerprint density at radius 1 is 1.06 bits per heavy atom. The number of aliphatic hydroxyl groups is 1. The van der Waals surface area contributed by atoms with Crippen LogP contribution < -0.4 is 4.90 Å². The van der Waals surface area contributed by atoms with Gasteiger partial charge in [0.05, 0.1) is 16.6 Å². The molecule has 2 aromatic heterocycles. The number of aliphatic hydroxyl groups excluding tert-OH is 1. The number of nitrogens with zero attached hydrogens (tertiary/aromatic N) is 2. The molecule has 0 spiro atoms. The van der Waals surface area contributed by atoms with E-state index >= 15 is 0 Å². The standard InChI is InChI=1S/C24H19N3O3S/c28-18(13-12-15-7-2-1-3-8-15)20-21(19-11-6-14-31-19)27(23(30)22(20)29)24-25-16-9-4-5-10-17(16)26-24/h1-11,14,21,29H,12-13H2,(H,25,26). The van der Waals surface area contributed by atoms with Crippen LogP contribution in [0, 0.1) is 0 Å². The van der Waals surface area contributed by atoms with E-state index in [4.69, 9.17) is 0 Å². The third kappa shape index (κ3) is 3.43. The summed E-state index contributed by atoms with van der Waals surface area (Å²) in [6, 6.07) is 20.2. The van der Waals surface area contributed by atoms with Crippen LogP contribution in [0.15, 0.2) is 83.4 Å². The van der Waals surface area contributed by atoms with Gasteiger partial charge >= 0.3 is 0 Å². The number of amides is 1. The maximum Gasteiger partial charge on any atom is 0.296 e. The minimum atomic E-state index is -0.712. The molecule has 7 heteroatoms. The number of H-pyrrole nitrogens is 1. The first-order chi connectivity index (χ1) is 15.1. The van der Waals surface area contributed by atoms with Gasteiger partial charge in [0.15, 0.2) is 11.5 Å². The summed E-state index contributed by atoms with van der Waals surface area (Å²) in [5.41, 5.74) is 2.64. The van der Waals surface area contributed by atoms with Gasteiger partial charge in [-0.2, -0.15) is 0 Å². The molecule has 5 rings (SSSR count). The van der Waals surface area contributed by atoms with Gasteiger partial charge in [0.2, 0.25) is 5.95 Å². The van der Waals surface area contributed by atoms with E-state index in [0.717, 1.165) is 16.0 Å². The number of nitrogens with one attached hydrogen (secondary N) is 1. The van der Waals surface area contributed by atoms with Crippen LogP contribution in [0.2, 0.25) is 0 Å². The summed E-state index contributed by atoms with van der Waals surface area (Å²) in [5, 5.41) is 12.6. The van der Waals surface area contributed by atoms with E-state index in [9.17, 15) is 14.7 Å². The number of benzene rings is 2. The molecule has 0 fully saturated rings. The number of thiophene rings is 1. The fourth-order valence-corrected chi connectivity index (χ4v) is 4.74. The molecule has 2 N–H and O–H groups in total. The number of anilines is 1. The highest BCUT2D eigenvalue weighted by Crippen LogP contribution is 2.42.